The van der Waals surface area contributed by atoms with Crippen molar-refractivity contribution in [1.29, 1.82) is 0 Å². The van der Waals surface area contributed by atoms with Crippen LogP contribution in [0, 0.1) is 0 Å². The van der Waals surface area contributed by atoms with Gasteiger partial charge in [-0.15, -0.1) is 0 Å². The first-order valence-corrected chi connectivity index (χ1v) is 3.09. The SMILES string of the molecule is CC1(C)CC(CO)OO1. The first kappa shape index (κ1) is 6.99. The van der Waals surface area contributed by atoms with Crippen molar-refractivity contribution in [2.45, 2.75) is 32.0 Å². The fourth-order valence-corrected chi connectivity index (χ4v) is 0.910. The lowest BCUT2D eigenvalue weighted by Gasteiger charge is -2.10. The molecule has 3 heteroatoms. The molecule has 0 saturated carbocycles. The second-order valence-corrected chi connectivity index (χ2v) is 2.95. The van der Waals surface area contributed by atoms with Gasteiger partial charge in [0.25, 0.3) is 0 Å². The zero-order chi connectivity index (χ0) is 6.91. The number of rotatable bonds is 1. The minimum atomic E-state index is -0.215. The number of aliphatic hydroxyl groups excluding tert-OH is 1. The fourth-order valence-electron chi connectivity index (χ4n) is 0.910. The van der Waals surface area contributed by atoms with Crippen LogP contribution in [-0.2, 0) is 9.78 Å². The molecular weight excluding hydrogens is 120 g/mol. The van der Waals surface area contributed by atoms with Gasteiger partial charge in [-0.25, -0.2) is 9.78 Å². The molecule has 1 rings (SSSR count). The first-order chi connectivity index (χ1) is 4.14. The second-order valence-electron chi connectivity index (χ2n) is 2.95. The molecule has 1 atom stereocenters. The summed E-state index contributed by atoms with van der Waals surface area (Å²) in [7, 11) is 0. The van der Waals surface area contributed by atoms with Gasteiger partial charge < -0.3 is 5.11 Å². The zero-order valence-corrected chi connectivity index (χ0v) is 5.76. The third kappa shape index (κ3) is 1.64. The van der Waals surface area contributed by atoms with Gasteiger partial charge in [0.1, 0.15) is 11.7 Å². The first-order valence-electron chi connectivity index (χ1n) is 3.09. The van der Waals surface area contributed by atoms with Crippen molar-refractivity contribution < 1.29 is 14.9 Å². The Morgan fingerprint density at radius 3 is 2.56 bits per heavy atom. The highest BCUT2D eigenvalue weighted by Crippen LogP contribution is 2.26. The minimum absolute atomic E-state index is 0.0451. The highest BCUT2D eigenvalue weighted by molar-refractivity contribution is 4.75. The highest BCUT2D eigenvalue weighted by Gasteiger charge is 2.33. The van der Waals surface area contributed by atoms with E-state index in [-0.39, 0.29) is 18.3 Å². The standard InChI is InChI=1S/C6H12O3/c1-6(2)3-5(4-7)8-9-6/h5,7H,3-4H2,1-2H3. The Labute approximate surface area is 54.5 Å². The van der Waals surface area contributed by atoms with Gasteiger partial charge in [-0.2, -0.15) is 0 Å². The van der Waals surface area contributed by atoms with Gasteiger partial charge in [-0.05, 0) is 13.8 Å². The van der Waals surface area contributed by atoms with E-state index in [1.165, 1.54) is 0 Å². The Hall–Kier alpha value is -0.120. The summed E-state index contributed by atoms with van der Waals surface area (Å²) in [5, 5.41) is 8.59. The lowest BCUT2D eigenvalue weighted by Crippen LogP contribution is -2.18. The van der Waals surface area contributed by atoms with Gasteiger partial charge in [0.2, 0.25) is 0 Å². The van der Waals surface area contributed by atoms with Crippen LogP contribution in [0.3, 0.4) is 0 Å². The monoisotopic (exact) mass is 132 g/mol. The molecule has 0 spiro atoms. The summed E-state index contributed by atoms with van der Waals surface area (Å²) in [4.78, 5) is 9.65. The molecule has 1 heterocycles. The predicted octanol–water partition coefficient (Wildman–Crippen LogP) is 0.478. The molecule has 0 aromatic carbocycles. The summed E-state index contributed by atoms with van der Waals surface area (Å²) in [6, 6.07) is 0. The molecule has 1 aliphatic heterocycles. The van der Waals surface area contributed by atoms with E-state index in [0.29, 0.717) is 0 Å². The second kappa shape index (κ2) is 2.25. The molecule has 1 N–H and O–H groups in total. The molecule has 1 fully saturated rings. The third-order valence-corrected chi connectivity index (χ3v) is 1.33. The Kier molecular flexibility index (Phi) is 1.75. The van der Waals surface area contributed by atoms with Crippen molar-refractivity contribution in [2.24, 2.45) is 0 Å². The normalized spacial score (nSPS) is 33.0. The van der Waals surface area contributed by atoms with E-state index < -0.39 is 0 Å². The molecule has 0 amide bonds. The summed E-state index contributed by atoms with van der Waals surface area (Å²) < 4.78 is 0. The quantitative estimate of drug-likeness (QED) is 0.527. The van der Waals surface area contributed by atoms with Crippen LogP contribution in [0.25, 0.3) is 0 Å². The molecule has 9 heavy (non-hydrogen) atoms. The summed E-state index contributed by atoms with van der Waals surface area (Å²) >= 11 is 0. The predicted molar refractivity (Wildman–Crippen MR) is 31.7 cm³/mol. The van der Waals surface area contributed by atoms with E-state index in [1.54, 1.807) is 0 Å². The number of hydrogen-bond acceptors (Lipinski definition) is 3. The zero-order valence-electron chi connectivity index (χ0n) is 5.76. The van der Waals surface area contributed by atoms with E-state index in [4.69, 9.17) is 14.9 Å². The summed E-state index contributed by atoms with van der Waals surface area (Å²) in [5.74, 6) is 0. The van der Waals surface area contributed by atoms with Gasteiger partial charge >= 0.3 is 0 Å². The van der Waals surface area contributed by atoms with Crippen LogP contribution in [0.1, 0.15) is 20.3 Å². The van der Waals surface area contributed by atoms with Crippen molar-refractivity contribution in [2.75, 3.05) is 6.61 Å². The molecule has 54 valence electrons. The van der Waals surface area contributed by atoms with Crippen LogP contribution in [0.5, 0.6) is 0 Å². The molecule has 0 aliphatic carbocycles. The van der Waals surface area contributed by atoms with E-state index in [1.807, 2.05) is 13.8 Å². The summed E-state index contributed by atoms with van der Waals surface area (Å²) in [6.45, 7) is 3.91. The maximum absolute atomic E-state index is 8.59. The van der Waals surface area contributed by atoms with Gasteiger partial charge in [0.05, 0.1) is 6.61 Å². The van der Waals surface area contributed by atoms with Crippen LogP contribution in [0.2, 0.25) is 0 Å². The lowest BCUT2D eigenvalue weighted by molar-refractivity contribution is -0.321. The molecule has 1 saturated heterocycles. The fraction of sp³-hybridized carbons (Fsp3) is 1.00. The van der Waals surface area contributed by atoms with Crippen LogP contribution >= 0.6 is 0 Å². The Morgan fingerprint density at radius 1 is 1.67 bits per heavy atom. The van der Waals surface area contributed by atoms with Crippen molar-refractivity contribution in [1.82, 2.24) is 0 Å². The molecule has 0 bridgehead atoms. The summed E-state index contributed by atoms with van der Waals surface area (Å²) in [6.07, 6.45) is 0.642. The average Bonchev–Trinajstić information content (AvgIpc) is 2.10. The van der Waals surface area contributed by atoms with Gasteiger partial charge in [-0.3, -0.25) is 0 Å². The van der Waals surface area contributed by atoms with Crippen molar-refractivity contribution >= 4 is 0 Å². The van der Waals surface area contributed by atoms with Crippen LogP contribution in [0.4, 0.5) is 0 Å². The van der Waals surface area contributed by atoms with Crippen molar-refractivity contribution in [3.8, 4) is 0 Å². The maximum atomic E-state index is 8.59. The van der Waals surface area contributed by atoms with Crippen LogP contribution in [-0.4, -0.2) is 23.4 Å². The molecule has 1 aliphatic rings. The summed E-state index contributed by atoms with van der Waals surface area (Å²) in [5.41, 5.74) is -0.215. The smallest absolute Gasteiger partial charge is 0.119 e. The molecule has 1 unspecified atom stereocenters. The molecular formula is C6H12O3. The van der Waals surface area contributed by atoms with Gasteiger partial charge in [0.15, 0.2) is 0 Å². The molecule has 3 nitrogen and oxygen atoms in total. The lowest BCUT2D eigenvalue weighted by atomic mass is 10.0. The largest absolute Gasteiger partial charge is 0.394 e. The van der Waals surface area contributed by atoms with E-state index in [2.05, 4.69) is 0 Å². The highest BCUT2D eigenvalue weighted by atomic mass is 17.2. The van der Waals surface area contributed by atoms with E-state index in [0.717, 1.165) is 6.42 Å². The Bertz CT molecular complexity index is 100. The van der Waals surface area contributed by atoms with Crippen molar-refractivity contribution in [3.05, 3.63) is 0 Å². The third-order valence-electron chi connectivity index (χ3n) is 1.33. The van der Waals surface area contributed by atoms with Crippen LogP contribution in [0.15, 0.2) is 0 Å². The Balaban J connectivity index is 2.38. The van der Waals surface area contributed by atoms with Gasteiger partial charge in [0, 0.05) is 6.42 Å². The Morgan fingerprint density at radius 2 is 2.33 bits per heavy atom. The minimum Gasteiger partial charge on any atom is -0.394 e. The maximum Gasteiger partial charge on any atom is 0.119 e. The van der Waals surface area contributed by atoms with Crippen molar-refractivity contribution in [3.63, 3.8) is 0 Å². The molecule has 0 radical (unpaired) electrons. The van der Waals surface area contributed by atoms with Crippen LogP contribution < -0.4 is 0 Å². The average molecular weight is 132 g/mol. The number of hydrogen-bond donors (Lipinski definition) is 1. The van der Waals surface area contributed by atoms with E-state index in [9.17, 15) is 0 Å². The van der Waals surface area contributed by atoms with Gasteiger partial charge in [-0.1, -0.05) is 0 Å². The topological polar surface area (TPSA) is 38.7 Å². The molecule has 0 aromatic rings. The van der Waals surface area contributed by atoms with E-state index >= 15 is 0 Å². The molecule has 0 aromatic heterocycles. The number of aliphatic hydroxyl groups is 1.